The lowest BCUT2D eigenvalue weighted by molar-refractivity contribution is 0.317. The van der Waals surface area contributed by atoms with Gasteiger partial charge in [0.1, 0.15) is 11.9 Å². The second-order valence-electron chi connectivity index (χ2n) is 3.31. The predicted molar refractivity (Wildman–Crippen MR) is 60.0 cm³/mol. The van der Waals surface area contributed by atoms with Crippen molar-refractivity contribution in [3.8, 4) is 0 Å². The average molecular weight is 237 g/mol. The molecule has 1 atom stereocenters. The summed E-state index contributed by atoms with van der Waals surface area (Å²) >= 11 is 1.35. The zero-order chi connectivity index (χ0) is 10.9. The van der Waals surface area contributed by atoms with E-state index in [1.807, 2.05) is 20.4 Å². The Labute approximate surface area is 89.2 Å². The van der Waals surface area contributed by atoms with E-state index in [1.165, 1.54) is 23.1 Å². The summed E-state index contributed by atoms with van der Waals surface area (Å²) in [6.45, 7) is 0. The molecule has 0 spiro atoms. The number of aliphatic imine (C=N–C) groups is 1. The van der Waals surface area contributed by atoms with Crippen LogP contribution < -0.4 is 0 Å². The number of rotatable bonds is 1. The molecule has 0 saturated heterocycles. The molecule has 82 valence electrons. The van der Waals surface area contributed by atoms with Crippen LogP contribution in [0.25, 0.3) is 0 Å². The minimum Gasteiger partial charge on any atom is -0.287 e. The van der Waals surface area contributed by atoms with E-state index in [0.717, 1.165) is 0 Å². The Morgan fingerprint density at radius 1 is 1.57 bits per heavy atom. The maximum Gasteiger partial charge on any atom is 0.239 e. The highest BCUT2D eigenvalue weighted by atomic mass is 32.2. The fourth-order valence-corrected chi connectivity index (χ4v) is 3.42. The highest BCUT2D eigenvalue weighted by Gasteiger charge is 2.31. The van der Waals surface area contributed by atoms with Gasteiger partial charge in [0, 0.05) is 7.05 Å². The van der Waals surface area contributed by atoms with E-state index in [1.54, 1.807) is 4.90 Å². The molecule has 1 aliphatic rings. The van der Waals surface area contributed by atoms with Crippen molar-refractivity contribution in [2.24, 2.45) is 4.99 Å². The number of thioether (sulfide) groups is 1. The van der Waals surface area contributed by atoms with E-state index < -0.39 is 10.0 Å². The molecule has 0 amide bonds. The van der Waals surface area contributed by atoms with Gasteiger partial charge in [-0.2, -0.15) is 0 Å². The van der Waals surface area contributed by atoms with Crippen LogP contribution in [0.2, 0.25) is 0 Å². The summed E-state index contributed by atoms with van der Waals surface area (Å²) in [6.07, 6.45) is 1.56. The topological polar surface area (TPSA) is 53.0 Å². The first-order valence-corrected chi connectivity index (χ1v) is 6.96. The lowest BCUT2D eigenvalue weighted by atomic mass is 10.5. The van der Waals surface area contributed by atoms with Crippen molar-refractivity contribution >= 4 is 27.0 Å². The predicted octanol–water partition coefficient (Wildman–Crippen LogP) is -0.132. The van der Waals surface area contributed by atoms with Gasteiger partial charge in [0.15, 0.2) is 5.17 Å². The summed E-state index contributed by atoms with van der Waals surface area (Å²) in [6, 6.07) is 0. The smallest absolute Gasteiger partial charge is 0.239 e. The first-order valence-electron chi connectivity index (χ1n) is 4.13. The number of hydrogen-bond acceptors (Lipinski definition) is 5. The van der Waals surface area contributed by atoms with Crippen molar-refractivity contribution in [2.45, 2.75) is 6.17 Å². The van der Waals surface area contributed by atoms with Gasteiger partial charge in [0.05, 0.1) is 0 Å². The van der Waals surface area contributed by atoms with E-state index in [0.29, 0.717) is 5.17 Å². The molecule has 0 radical (unpaired) electrons. The molecule has 1 aliphatic heterocycles. The van der Waals surface area contributed by atoms with Gasteiger partial charge in [0.2, 0.25) is 10.0 Å². The van der Waals surface area contributed by atoms with Crippen LogP contribution in [-0.2, 0) is 10.0 Å². The molecule has 0 bridgehead atoms. The zero-order valence-corrected chi connectivity index (χ0v) is 10.4. The van der Waals surface area contributed by atoms with Gasteiger partial charge in [-0.05, 0) is 20.4 Å². The van der Waals surface area contributed by atoms with Gasteiger partial charge >= 0.3 is 0 Å². The Hall–Kier alpha value is -0.270. The van der Waals surface area contributed by atoms with Crippen molar-refractivity contribution in [3.63, 3.8) is 0 Å². The van der Waals surface area contributed by atoms with Crippen molar-refractivity contribution in [1.29, 1.82) is 0 Å². The molecule has 0 aromatic heterocycles. The Kier molecular flexibility index (Phi) is 3.44. The largest absolute Gasteiger partial charge is 0.287 e. The summed E-state index contributed by atoms with van der Waals surface area (Å²) in [5, 5.41) is 0.551. The molecule has 5 nitrogen and oxygen atoms in total. The molecule has 1 heterocycles. The van der Waals surface area contributed by atoms with Gasteiger partial charge in [-0.1, -0.05) is 11.8 Å². The van der Waals surface area contributed by atoms with Crippen LogP contribution in [0.1, 0.15) is 0 Å². The quantitative estimate of drug-likeness (QED) is 0.637. The van der Waals surface area contributed by atoms with E-state index in [9.17, 15) is 8.42 Å². The number of nitrogens with zero attached hydrogens (tertiary/aromatic N) is 3. The molecule has 0 N–H and O–H groups in total. The first-order chi connectivity index (χ1) is 6.38. The first kappa shape index (κ1) is 11.8. The van der Waals surface area contributed by atoms with Gasteiger partial charge in [-0.3, -0.25) is 9.21 Å². The zero-order valence-electron chi connectivity index (χ0n) is 8.76. The number of amidine groups is 1. The minimum atomic E-state index is -3.18. The van der Waals surface area contributed by atoms with E-state index in [-0.39, 0.29) is 11.9 Å². The van der Waals surface area contributed by atoms with Crippen LogP contribution in [0.5, 0.6) is 0 Å². The van der Waals surface area contributed by atoms with Crippen LogP contribution in [0.15, 0.2) is 4.99 Å². The van der Waals surface area contributed by atoms with Crippen molar-refractivity contribution in [2.75, 3.05) is 33.2 Å². The maximum absolute atomic E-state index is 11.7. The molecular weight excluding hydrogens is 222 g/mol. The van der Waals surface area contributed by atoms with Crippen LogP contribution in [0.4, 0.5) is 0 Å². The highest BCUT2D eigenvalue weighted by Crippen LogP contribution is 2.18. The van der Waals surface area contributed by atoms with Crippen molar-refractivity contribution in [1.82, 2.24) is 9.21 Å². The summed E-state index contributed by atoms with van der Waals surface area (Å²) in [5.41, 5.74) is 0. The Morgan fingerprint density at radius 3 is 2.57 bits per heavy atom. The molecule has 0 saturated carbocycles. The lowest BCUT2D eigenvalue weighted by Gasteiger charge is -2.31. The second kappa shape index (κ2) is 4.08. The molecule has 0 aliphatic carbocycles. The van der Waals surface area contributed by atoms with Gasteiger partial charge < -0.3 is 0 Å². The third kappa shape index (κ3) is 2.21. The summed E-state index contributed by atoms with van der Waals surface area (Å²) in [4.78, 5) is 6.14. The Morgan fingerprint density at radius 2 is 2.14 bits per heavy atom. The molecular formula is C7H15N3O2S2. The monoisotopic (exact) mass is 237 g/mol. The second-order valence-corrected chi connectivity index (χ2v) is 6.12. The molecule has 1 rings (SSSR count). The number of sulfonamides is 1. The van der Waals surface area contributed by atoms with E-state index in [4.69, 9.17) is 0 Å². The van der Waals surface area contributed by atoms with Crippen LogP contribution in [-0.4, -0.2) is 62.1 Å². The van der Waals surface area contributed by atoms with E-state index >= 15 is 0 Å². The summed E-state index contributed by atoms with van der Waals surface area (Å²) in [5.74, 6) is 0.0561. The van der Waals surface area contributed by atoms with Crippen LogP contribution in [0, 0.1) is 0 Å². The van der Waals surface area contributed by atoms with Crippen LogP contribution in [0.3, 0.4) is 0 Å². The molecule has 14 heavy (non-hydrogen) atoms. The standard InChI is InChI=1S/C7H15N3O2S2/c1-9(2)6-5-14(11,12)10(3)7(8-6)13-4/h6H,5H2,1-4H3. The van der Waals surface area contributed by atoms with Crippen molar-refractivity contribution < 1.29 is 8.42 Å². The third-order valence-corrected chi connectivity index (χ3v) is 4.67. The average Bonchev–Trinajstić information content (AvgIpc) is 2.09. The fourth-order valence-electron chi connectivity index (χ4n) is 1.11. The molecule has 0 fully saturated rings. The Balaban J connectivity index is 3.05. The number of hydrogen-bond donors (Lipinski definition) is 0. The van der Waals surface area contributed by atoms with E-state index in [2.05, 4.69) is 4.99 Å². The van der Waals surface area contributed by atoms with Gasteiger partial charge in [-0.15, -0.1) is 0 Å². The fraction of sp³-hybridized carbons (Fsp3) is 0.857. The minimum absolute atomic E-state index is 0.0561. The molecule has 7 heteroatoms. The summed E-state index contributed by atoms with van der Waals surface area (Å²) in [7, 11) is 2.01. The molecule has 0 aromatic rings. The Bertz CT molecular complexity index is 337. The summed E-state index contributed by atoms with van der Waals surface area (Å²) < 4.78 is 24.6. The maximum atomic E-state index is 11.7. The van der Waals surface area contributed by atoms with Gasteiger partial charge in [0.25, 0.3) is 0 Å². The highest BCUT2D eigenvalue weighted by molar-refractivity contribution is 8.14. The molecule has 0 aromatic carbocycles. The van der Waals surface area contributed by atoms with Crippen LogP contribution >= 0.6 is 11.8 Å². The van der Waals surface area contributed by atoms with Gasteiger partial charge in [-0.25, -0.2) is 13.4 Å². The SMILES string of the molecule is CSC1=NC(N(C)C)CS(=O)(=O)N1C. The lowest BCUT2D eigenvalue weighted by Crippen LogP contribution is -2.46. The normalized spacial score (nSPS) is 26.5. The molecule has 1 unspecified atom stereocenters. The van der Waals surface area contributed by atoms with Crippen molar-refractivity contribution in [3.05, 3.63) is 0 Å². The third-order valence-electron chi connectivity index (χ3n) is 2.08.